The maximum Gasteiger partial charge on any atom is 0.165 e. The van der Waals surface area contributed by atoms with E-state index in [-0.39, 0.29) is 0 Å². The standard InChI is InChI=1S/C17H18N2O2/c1-12-6-4-8-15(14(12)10-18)19-11-13-7-5-9-16(20-2)17(13)21-3/h4-9,19H,11H2,1-3H3. The van der Waals surface area contributed by atoms with Crippen molar-refractivity contribution in [3.63, 3.8) is 0 Å². The molecule has 0 aliphatic heterocycles. The molecule has 2 rings (SSSR count). The molecule has 108 valence electrons. The molecule has 0 atom stereocenters. The first-order valence-electron chi connectivity index (χ1n) is 6.64. The summed E-state index contributed by atoms with van der Waals surface area (Å²) in [5.41, 5.74) is 3.42. The third kappa shape index (κ3) is 3.09. The van der Waals surface area contributed by atoms with Crippen LogP contribution in [0.2, 0.25) is 0 Å². The van der Waals surface area contributed by atoms with Crippen LogP contribution in [0, 0.1) is 18.3 Å². The molecule has 0 heterocycles. The lowest BCUT2D eigenvalue weighted by Gasteiger charge is -2.14. The highest BCUT2D eigenvalue weighted by Crippen LogP contribution is 2.31. The molecule has 0 aliphatic rings. The molecule has 0 unspecified atom stereocenters. The lowest BCUT2D eigenvalue weighted by atomic mass is 10.1. The molecule has 0 fully saturated rings. The molecule has 4 nitrogen and oxygen atoms in total. The van der Waals surface area contributed by atoms with Gasteiger partial charge in [0, 0.05) is 12.1 Å². The minimum absolute atomic E-state index is 0.554. The van der Waals surface area contributed by atoms with Gasteiger partial charge in [-0.05, 0) is 24.6 Å². The number of methoxy groups -OCH3 is 2. The summed E-state index contributed by atoms with van der Waals surface area (Å²) < 4.78 is 10.7. The summed E-state index contributed by atoms with van der Waals surface area (Å²) >= 11 is 0. The van der Waals surface area contributed by atoms with Gasteiger partial charge in [0.2, 0.25) is 0 Å². The first-order chi connectivity index (χ1) is 10.2. The summed E-state index contributed by atoms with van der Waals surface area (Å²) in [5, 5.41) is 12.5. The molecule has 0 radical (unpaired) electrons. The molecule has 0 bridgehead atoms. The highest BCUT2D eigenvalue weighted by molar-refractivity contribution is 5.61. The SMILES string of the molecule is COc1cccc(CNc2cccc(C)c2C#N)c1OC. The van der Waals surface area contributed by atoms with E-state index in [0.29, 0.717) is 23.6 Å². The Morgan fingerprint density at radius 3 is 2.52 bits per heavy atom. The van der Waals surface area contributed by atoms with Crippen LogP contribution in [0.4, 0.5) is 5.69 Å². The lowest BCUT2D eigenvalue weighted by molar-refractivity contribution is 0.352. The van der Waals surface area contributed by atoms with E-state index in [2.05, 4.69) is 11.4 Å². The van der Waals surface area contributed by atoms with Crippen LogP contribution in [-0.2, 0) is 6.54 Å². The number of nitrogens with one attached hydrogen (secondary N) is 1. The first-order valence-corrected chi connectivity index (χ1v) is 6.64. The fourth-order valence-electron chi connectivity index (χ4n) is 2.25. The molecule has 2 aromatic rings. The number of ether oxygens (including phenoxy) is 2. The Labute approximate surface area is 124 Å². The zero-order valence-electron chi connectivity index (χ0n) is 12.4. The summed E-state index contributed by atoms with van der Waals surface area (Å²) in [5.74, 6) is 1.40. The zero-order chi connectivity index (χ0) is 15.2. The highest BCUT2D eigenvalue weighted by Gasteiger charge is 2.10. The Hall–Kier alpha value is -2.67. The molecular formula is C17H18N2O2. The second kappa shape index (κ2) is 6.67. The van der Waals surface area contributed by atoms with Crippen molar-refractivity contribution >= 4 is 5.69 Å². The fourth-order valence-corrected chi connectivity index (χ4v) is 2.25. The number of benzene rings is 2. The largest absolute Gasteiger partial charge is 0.493 e. The smallest absolute Gasteiger partial charge is 0.165 e. The monoisotopic (exact) mass is 282 g/mol. The van der Waals surface area contributed by atoms with Gasteiger partial charge < -0.3 is 14.8 Å². The Kier molecular flexibility index (Phi) is 4.68. The van der Waals surface area contributed by atoms with Gasteiger partial charge in [0.1, 0.15) is 6.07 Å². The van der Waals surface area contributed by atoms with Gasteiger partial charge in [-0.2, -0.15) is 5.26 Å². The molecule has 0 spiro atoms. The van der Waals surface area contributed by atoms with Gasteiger partial charge >= 0.3 is 0 Å². The Bertz CT molecular complexity index is 675. The summed E-state index contributed by atoms with van der Waals surface area (Å²) in [6, 6.07) is 13.7. The van der Waals surface area contributed by atoms with E-state index in [0.717, 1.165) is 16.8 Å². The van der Waals surface area contributed by atoms with E-state index in [9.17, 15) is 5.26 Å². The van der Waals surface area contributed by atoms with Gasteiger partial charge in [-0.3, -0.25) is 0 Å². The number of hydrogen-bond donors (Lipinski definition) is 1. The summed E-state index contributed by atoms with van der Waals surface area (Å²) in [6.45, 7) is 2.48. The topological polar surface area (TPSA) is 54.3 Å². The van der Waals surface area contributed by atoms with Gasteiger partial charge in [0.15, 0.2) is 11.5 Å². The number of para-hydroxylation sites is 1. The molecule has 4 heteroatoms. The molecule has 0 saturated heterocycles. The first kappa shape index (κ1) is 14.7. The summed E-state index contributed by atoms with van der Waals surface area (Å²) in [6.07, 6.45) is 0. The second-order valence-corrected chi connectivity index (χ2v) is 4.62. The average Bonchev–Trinajstić information content (AvgIpc) is 2.52. The van der Waals surface area contributed by atoms with Crippen LogP contribution in [0.1, 0.15) is 16.7 Å². The van der Waals surface area contributed by atoms with E-state index in [4.69, 9.17) is 9.47 Å². The second-order valence-electron chi connectivity index (χ2n) is 4.62. The highest BCUT2D eigenvalue weighted by atomic mass is 16.5. The predicted octanol–water partition coefficient (Wildman–Crippen LogP) is 3.50. The summed E-state index contributed by atoms with van der Waals surface area (Å²) in [4.78, 5) is 0. The average molecular weight is 282 g/mol. The van der Waals surface area contributed by atoms with Crippen LogP contribution < -0.4 is 14.8 Å². The fraction of sp³-hybridized carbons (Fsp3) is 0.235. The van der Waals surface area contributed by atoms with Crippen LogP contribution in [0.3, 0.4) is 0 Å². The lowest BCUT2D eigenvalue weighted by Crippen LogP contribution is -2.04. The minimum Gasteiger partial charge on any atom is -0.493 e. The van der Waals surface area contributed by atoms with Crippen molar-refractivity contribution in [1.29, 1.82) is 5.26 Å². The molecule has 0 saturated carbocycles. The van der Waals surface area contributed by atoms with Gasteiger partial charge in [0.05, 0.1) is 25.5 Å². The van der Waals surface area contributed by atoms with Crippen molar-refractivity contribution in [2.75, 3.05) is 19.5 Å². The van der Waals surface area contributed by atoms with Gasteiger partial charge in [0.25, 0.3) is 0 Å². The molecule has 21 heavy (non-hydrogen) atoms. The van der Waals surface area contributed by atoms with Crippen molar-refractivity contribution in [2.45, 2.75) is 13.5 Å². The maximum absolute atomic E-state index is 9.24. The predicted molar refractivity (Wildman–Crippen MR) is 82.8 cm³/mol. The third-order valence-corrected chi connectivity index (χ3v) is 3.34. The van der Waals surface area contributed by atoms with Crippen molar-refractivity contribution in [2.24, 2.45) is 0 Å². The van der Waals surface area contributed by atoms with Crippen LogP contribution in [-0.4, -0.2) is 14.2 Å². The molecule has 0 amide bonds. The van der Waals surface area contributed by atoms with E-state index in [1.807, 2.05) is 43.3 Å². The molecular weight excluding hydrogens is 264 g/mol. The Morgan fingerprint density at radius 1 is 1.10 bits per heavy atom. The Balaban J connectivity index is 2.25. The number of nitrogens with zero attached hydrogens (tertiary/aromatic N) is 1. The van der Waals surface area contributed by atoms with Crippen molar-refractivity contribution in [3.8, 4) is 17.6 Å². The minimum atomic E-state index is 0.554. The normalized spacial score (nSPS) is 9.81. The van der Waals surface area contributed by atoms with Crippen molar-refractivity contribution in [1.82, 2.24) is 0 Å². The van der Waals surface area contributed by atoms with Gasteiger partial charge in [-0.15, -0.1) is 0 Å². The Morgan fingerprint density at radius 2 is 1.86 bits per heavy atom. The summed E-state index contributed by atoms with van der Waals surface area (Å²) in [7, 11) is 3.23. The number of aryl methyl sites for hydroxylation is 1. The molecule has 2 aromatic carbocycles. The van der Waals surface area contributed by atoms with E-state index < -0.39 is 0 Å². The van der Waals surface area contributed by atoms with Crippen molar-refractivity contribution in [3.05, 3.63) is 53.1 Å². The number of hydrogen-bond acceptors (Lipinski definition) is 4. The van der Waals surface area contributed by atoms with E-state index >= 15 is 0 Å². The van der Waals surface area contributed by atoms with Crippen LogP contribution in [0.25, 0.3) is 0 Å². The zero-order valence-corrected chi connectivity index (χ0v) is 12.4. The number of nitriles is 1. The van der Waals surface area contributed by atoms with Crippen LogP contribution >= 0.6 is 0 Å². The third-order valence-electron chi connectivity index (χ3n) is 3.34. The maximum atomic E-state index is 9.24. The molecule has 0 aliphatic carbocycles. The molecule has 1 N–H and O–H groups in total. The van der Waals surface area contributed by atoms with Gasteiger partial charge in [-0.25, -0.2) is 0 Å². The van der Waals surface area contributed by atoms with Crippen LogP contribution in [0.15, 0.2) is 36.4 Å². The van der Waals surface area contributed by atoms with Crippen LogP contribution in [0.5, 0.6) is 11.5 Å². The number of anilines is 1. The van der Waals surface area contributed by atoms with Crippen molar-refractivity contribution < 1.29 is 9.47 Å². The van der Waals surface area contributed by atoms with Gasteiger partial charge in [-0.1, -0.05) is 24.3 Å². The molecule has 0 aromatic heterocycles. The quantitative estimate of drug-likeness (QED) is 0.912. The van der Waals surface area contributed by atoms with E-state index in [1.165, 1.54) is 0 Å². The van der Waals surface area contributed by atoms with E-state index in [1.54, 1.807) is 14.2 Å². The number of rotatable bonds is 5.